The van der Waals surface area contributed by atoms with Crippen molar-refractivity contribution in [2.24, 2.45) is 5.73 Å². The lowest BCUT2D eigenvalue weighted by molar-refractivity contribution is -0.121. The molecule has 4 nitrogen and oxygen atoms in total. The maximum atomic E-state index is 11.6. The molecule has 18 heavy (non-hydrogen) atoms. The molecule has 5 heteroatoms. The van der Waals surface area contributed by atoms with E-state index in [9.17, 15) is 4.79 Å². The summed E-state index contributed by atoms with van der Waals surface area (Å²) in [5, 5.41) is 3.18. The van der Waals surface area contributed by atoms with Crippen molar-refractivity contribution in [3.63, 3.8) is 0 Å². The smallest absolute Gasteiger partial charge is 0.250 e. The van der Waals surface area contributed by atoms with Crippen molar-refractivity contribution in [3.8, 4) is 0 Å². The molecule has 0 saturated heterocycles. The second-order valence-corrected chi connectivity index (χ2v) is 4.94. The van der Waals surface area contributed by atoms with Crippen LogP contribution in [-0.4, -0.2) is 24.7 Å². The molecule has 0 saturated carbocycles. The zero-order chi connectivity index (χ0) is 13.6. The van der Waals surface area contributed by atoms with Crippen molar-refractivity contribution in [1.82, 2.24) is 0 Å². The predicted octanol–water partition coefficient (Wildman–Crippen LogP) is 2.42. The molecule has 0 bridgehead atoms. The van der Waals surface area contributed by atoms with E-state index in [2.05, 4.69) is 5.32 Å². The first-order valence-corrected chi connectivity index (χ1v) is 6.23. The number of halogens is 1. The van der Waals surface area contributed by atoms with E-state index >= 15 is 0 Å². The van der Waals surface area contributed by atoms with E-state index in [1.165, 1.54) is 0 Å². The Hall–Kier alpha value is -1.10. The fourth-order valence-electron chi connectivity index (χ4n) is 1.23. The topological polar surface area (TPSA) is 64.3 Å². The molecular weight excluding hydrogens is 252 g/mol. The molecule has 1 unspecified atom stereocenters. The number of anilines is 1. The quantitative estimate of drug-likeness (QED) is 0.834. The van der Waals surface area contributed by atoms with Gasteiger partial charge in [0.1, 0.15) is 6.61 Å². The van der Waals surface area contributed by atoms with Crippen molar-refractivity contribution < 1.29 is 9.53 Å². The molecule has 100 valence electrons. The Bertz CT molecular complexity index is 408. The third-order valence-electron chi connectivity index (χ3n) is 2.62. The molecule has 0 aliphatic rings. The molecule has 0 spiro atoms. The number of hydrogen-bond acceptors (Lipinski definition) is 3. The molecule has 0 aliphatic heterocycles. The first-order valence-electron chi connectivity index (χ1n) is 5.85. The molecule has 1 aromatic rings. The van der Waals surface area contributed by atoms with Gasteiger partial charge in [-0.15, -0.1) is 0 Å². The lowest BCUT2D eigenvalue weighted by Crippen LogP contribution is -2.41. The number of benzene rings is 1. The van der Waals surface area contributed by atoms with Gasteiger partial charge in [-0.2, -0.15) is 0 Å². The number of rotatable bonds is 6. The van der Waals surface area contributed by atoms with E-state index in [1.807, 2.05) is 13.8 Å². The van der Waals surface area contributed by atoms with E-state index < -0.39 is 5.54 Å². The highest BCUT2D eigenvalue weighted by atomic mass is 35.5. The van der Waals surface area contributed by atoms with Crippen molar-refractivity contribution >= 4 is 23.2 Å². The molecule has 0 aliphatic carbocycles. The van der Waals surface area contributed by atoms with Gasteiger partial charge in [-0.25, -0.2) is 0 Å². The molecule has 1 amide bonds. The van der Waals surface area contributed by atoms with Gasteiger partial charge in [0.25, 0.3) is 0 Å². The van der Waals surface area contributed by atoms with Crippen LogP contribution >= 0.6 is 11.6 Å². The summed E-state index contributed by atoms with van der Waals surface area (Å²) in [7, 11) is 0. The zero-order valence-corrected chi connectivity index (χ0v) is 11.5. The third kappa shape index (κ3) is 5.04. The maximum absolute atomic E-state index is 11.6. The van der Waals surface area contributed by atoms with Gasteiger partial charge in [0.2, 0.25) is 5.91 Å². The minimum atomic E-state index is -0.398. The standard InChI is InChI=1S/C13H19ClN2O2/c1-3-13(2,15)9-18-8-12(17)16-11-7-5-4-6-10(11)14/h4-7H,3,8-9,15H2,1-2H3,(H,16,17). The van der Waals surface area contributed by atoms with Crippen molar-refractivity contribution in [2.45, 2.75) is 25.8 Å². The number of ether oxygens (including phenoxy) is 1. The van der Waals surface area contributed by atoms with Crippen LogP contribution in [0.2, 0.25) is 5.02 Å². The largest absolute Gasteiger partial charge is 0.370 e. The van der Waals surface area contributed by atoms with Crippen molar-refractivity contribution in [3.05, 3.63) is 29.3 Å². The first-order chi connectivity index (χ1) is 8.44. The highest BCUT2D eigenvalue weighted by Gasteiger charge is 2.16. The number of carbonyl (C=O) groups excluding carboxylic acids is 1. The average molecular weight is 271 g/mol. The van der Waals surface area contributed by atoms with E-state index in [1.54, 1.807) is 24.3 Å². The summed E-state index contributed by atoms with van der Waals surface area (Å²) in [6.45, 7) is 4.18. The van der Waals surface area contributed by atoms with Gasteiger partial charge in [0, 0.05) is 5.54 Å². The third-order valence-corrected chi connectivity index (χ3v) is 2.95. The van der Waals surface area contributed by atoms with E-state index in [0.717, 1.165) is 6.42 Å². The zero-order valence-electron chi connectivity index (χ0n) is 10.7. The Labute approximate surface area is 112 Å². The highest BCUT2D eigenvalue weighted by molar-refractivity contribution is 6.33. The predicted molar refractivity (Wildman–Crippen MR) is 73.8 cm³/mol. The van der Waals surface area contributed by atoms with Crippen LogP contribution in [0.1, 0.15) is 20.3 Å². The van der Waals surface area contributed by atoms with E-state index in [4.69, 9.17) is 22.1 Å². The van der Waals surface area contributed by atoms with Crippen molar-refractivity contribution in [2.75, 3.05) is 18.5 Å². The number of nitrogens with one attached hydrogen (secondary N) is 1. The molecule has 1 aromatic carbocycles. The lowest BCUT2D eigenvalue weighted by Gasteiger charge is -2.22. The second-order valence-electron chi connectivity index (χ2n) is 4.53. The van der Waals surface area contributed by atoms with Crippen LogP contribution in [0.15, 0.2) is 24.3 Å². The summed E-state index contributed by atoms with van der Waals surface area (Å²) in [5.74, 6) is -0.241. The second kappa shape index (κ2) is 6.73. The molecule has 0 fully saturated rings. The van der Waals surface area contributed by atoms with Crippen LogP contribution in [0.5, 0.6) is 0 Å². The Morgan fingerprint density at radius 1 is 1.50 bits per heavy atom. The first kappa shape index (κ1) is 15.0. The van der Waals surface area contributed by atoms with Gasteiger partial charge in [0.15, 0.2) is 0 Å². The van der Waals surface area contributed by atoms with Crippen LogP contribution in [0, 0.1) is 0 Å². The monoisotopic (exact) mass is 270 g/mol. The van der Waals surface area contributed by atoms with Crippen molar-refractivity contribution in [1.29, 1.82) is 0 Å². The normalized spacial score (nSPS) is 14.0. The molecule has 1 rings (SSSR count). The Morgan fingerprint density at radius 2 is 2.17 bits per heavy atom. The number of para-hydroxylation sites is 1. The number of nitrogens with two attached hydrogens (primary N) is 1. The van der Waals surface area contributed by atoms with E-state index in [-0.39, 0.29) is 12.5 Å². The summed E-state index contributed by atoms with van der Waals surface area (Å²) in [6.07, 6.45) is 0.791. The van der Waals surface area contributed by atoms with Crippen LogP contribution in [0.3, 0.4) is 0 Å². The highest BCUT2D eigenvalue weighted by Crippen LogP contribution is 2.20. The number of carbonyl (C=O) groups is 1. The lowest BCUT2D eigenvalue weighted by atomic mass is 10.0. The molecule has 1 atom stereocenters. The van der Waals surface area contributed by atoms with Crippen LogP contribution < -0.4 is 11.1 Å². The number of hydrogen-bond donors (Lipinski definition) is 2. The summed E-state index contributed by atoms with van der Waals surface area (Å²) in [6, 6.07) is 7.05. The summed E-state index contributed by atoms with van der Waals surface area (Å²) >= 11 is 5.92. The van der Waals surface area contributed by atoms with Gasteiger partial charge in [-0.1, -0.05) is 30.7 Å². The summed E-state index contributed by atoms with van der Waals surface area (Å²) in [5.41, 5.74) is 6.09. The summed E-state index contributed by atoms with van der Waals surface area (Å²) < 4.78 is 5.28. The maximum Gasteiger partial charge on any atom is 0.250 e. The fraction of sp³-hybridized carbons (Fsp3) is 0.462. The average Bonchev–Trinajstić information content (AvgIpc) is 2.32. The fourth-order valence-corrected chi connectivity index (χ4v) is 1.41. The van der Waals surface area contributed by atoms with Gasteiger partial charge in [-0.3, -0.25) is 4.79 Å². The number of amides is 1. The minimum Gasteiger partial charge on any atom is -0.370 e. The molecular formula is C13H19ClN2O2. The van der Waals surface area contributed by atoms with Gasteiger partial charge in [0.05, 0.1) is 17.3 Å². The van der Waals surface area contributed by atoms with Gasteiger partial charge in [-0.05, 0) is 25.5 Å². The summed E-state index contributed by atoms with van der Waals surface area (Å²) in [4.78, 5) is 11.6. The SMILES string of the molecule is CCC(C)(N)COCC(=O)Nc1ccccc1Cl. The van der Waals surface area contributed by atoms with Gasteiger partial charge >= 0.3 is 0 Å². The Kier molecular flexibility index (Phi) is 5.59. The van der Waals surface area contributed by atoms with Crippen LogP contribution in [-0.2, 0) is 9.53 Å². The van der Waals surface area contributed by atoms with Crippen LogP contribution in [0.25, 0.3) is 0 Å². The van der Waals surface area contributed by atoms with Gasteiger partial charge < -0.3 is 15.8 Å². The molecule has 0 heterocycles. The molecule has 3 N–H and O–H groups in total. The molecule has 0 aromatic heterocycles. The Balaban J connectivity index is 2.37. The molecule has 0 radical (unpaired) electrons. The minimum absolute atomic E-state index is 0.0297. The Morgan fingerprint density at radius 3 is 2.78 bits per heavy atom. The van der Waals surface area contributed by atoms with E-state index in [0.29, 0.717) is 17.3 Å². The van der Waals surface area contributed by atoms with Crippen LogP contribution in [0.4, 0.5) is 5.69 Å².